The number of benzene rings is 1. The van der Waals surface area contributed by atoms with Crippen molar-refractivity contribution >= 4 is 15.9 Å². The second-order valence-corrected chi connectivity index (χ2v) is 5.14. The van der Waals surface area contributed by atoms with Crippen LogP contribution in [0, 0.1) is 0 Å². The van der Waals surface area contributed by atoms with E-state index in [4.69, 9.17) is 5.73 Å². The zero-order chi connectivity index (χ0) is 12.3. The van der Waals surface area contributed by atoms with E-state index in [1.807, 2.05) is 36.3 Å². The van der Waals surface area contributed by atoms with Gasteiger partial charge in [0, 0.05) is 23.8 Å². The summed E-state index contributed by atoms with van der Waals surface area (Å²) in [6.45, 7) is 0. The van der Waals surface area contributed by atoms with E-state index in [1.165, 1.54) is 11.1 Å². The Morgan fingerprint density at radius 2 is 2.29 bits per heavy atom. The van der Waals surface area contributed by atoms with Crippen molar-refractivity contribution in [3.8, 4) is 0 Å². The van der Waals surface area contributed by atoms with Gasteiger partial charge in [0.15, 0.2) is 0 Å². The van der Waals surface area contributed by atoms with Crippen molar-refractivity contribution in [2.75, 3.05) is 0 Å². The van der Waals surface area contributed by atoms with Gasteiger partial charge in [-0.15, -0.1) is 0 Å². The Balaban J connectivity index is 1.95. The Kier molecular flexibility index (Phi) is 3.97. The van der Waals surface area contributed by atoms with Crippen LogP contribution in [0.25, 0.3) is 0 Å². The Bertz CT molecular complexity index is 493. The third-order valence-corrected chi connectivity index (χ3v) is 3.27. The van der Waals surface area contributed by atoms with Crippen LogP contribution in [-0.4, -0.2) is 9.78 Å². The van der Waals surface area contributed by atoms with E-state index in [0.717, 1.165) is 17.3 Å². The molecule has 2 aromatic rings. The summed E-state index contributed by atoms with van der Waals surface area (Å²) in [5, 5.41) is 4.15. The van der Waals surface area contributed by atoms with E-state index in [2.05, 4.69) is 33.2 Å². The number of hydrogen-bond donors (Lipinski definition) is 1. The molecule has 1 heterocycles. The molecule has 0 amide bonds. The molecule has 0 saturated carbocycles. The topological polar surface area (TPSA) is 43.8 Å². The molecular weight excluding hydrogens is 278 g/mol. The van der Waals surface area contributed by atoms with Crippen molar-refractivity contribution in [2.24, 2.45) is 12.8 Å². The molecule has 1 unspecified atom stereocenters. The first-order valence-corrected chi connectivity index (χ1v) is 6.43. The van der Waals surface area contributed by atoms with Crippen LogP contribution in [-0.2, 0) is 13.5 Å². The Labute approximate surface area is 110 Å². The van der Waals surface area contributed by atoms with Crippen LogP contribution in [0.3, 0.4) is 0 Å². The van der Waals surface area contributed by atoms with Gasteiger partial charge in [-0.2, -0.15) is 5.10 Å². The molecule has 1 aromatic carbocycles. The highest BCUT2D eigenvalue weighted by atomic mass is 79.9. The van der Waals surface area contributed by atoms with Crippen molar-refractivity contribution in [2.45, 2.75) is 18.9 Å². The lowest BCUT2D eigenvalue weighted by atomic mass is 10.0. The quantitative estimate of drug-likeness (QED) is 0.942. The fourth-order valence-corrected chi connectivity index (χ4v) is 2.24. The average molecular weight is 294 g/mol. The first-order chi connectivity index (χ1) is 8.15. The molecule has 0 spiro atoms. The minimum atomic E-state index is 0.0766. The van der Waals surface area contributed by atoms with E-state index in [1.54, 1.807) is 0 Å². The maximum atomic E-state index is 6.17. The Morgan fingerprint density at radius 3 is 2.94 bits per heavy atom. The molecule has 0 bridgehead atoms. The summed E-state index contributed by atoms with van der Waals surface area (Å²) in [6, 6.07) is 8.25. The lowest BCUT2D eigenvalue weighted by Crippen LogP contribution is -2.11. The van der Waals surface area contributed by atoms with Gasteiger partial charge >= 0.3 is 0 Å². The summed E-state index contributed by atoms with van der Waals surface area (Å²) in [7, 11) is 1.93. The molecule has 0 aliphatic rings. The number of hydrogen-bond acceptors (Lipinski definition) is 2. The van der Waals surface area contributed by atoms with Gasteiger partial charge in [-0.25, -0.2) is 0 Å². The molecule has 0 aliphatic heterocycles. The van der Waals surface area contributed by atoms with Crippen LogP contribution in [0.5, 0.6) is 0 Å². The van der Waals surface area contributed by atoms with E-state index in [0.29, 0.717) is 0 Å². The van der Waals surface area contributed by atoms with Crippen molar-refractivity contribution in [1.82, 2.24) is 9.78 Å². The van der Waals surface area contributed by atoms with Gasteiger partial charge in [-0.3, -0.25) is 4.68 Å². The highest BCUT2D eigenvalue weighted by molar-refractivity contribution is 9.10. The van der Waals surface area contributed by atoms with E-state index < -0.39 is 0 Å². The number of halogens is 1. The van der Waals surface area contributed by atoms with Gasteiger partial charge in [-0.1, -0.05) is 28.1 Å². The largest absolute Gasteiger partial charge is 0.324 e. The number of nitrogens with two attached hydrogens (primary N) is 1. The first kappa shape index (κ1) is 12.3. The molecule has 90 valence electrons. The second kappa shape index (κ2) is 5.47. The van der Waals surface area contributed by atoms with Crippen molar-refractivity contribution in [3.05, 3.63) is 52.3 Å². The molecule has 2 rings (SSSR count). The predicted molar refractivity (Wildman–Crippen MR) is 72.6 cm³/mol. The molecule has 2 N–H and O–H groups in total. The molecule has 3 nitrogen and oxygen atoms in total. The molecular formula is C13H16BrN3. The molecule has 1 aromatic heterocycles. The molecule has 4 heteroatoms. The zero-order valence-corrected chi connectivity index (χ0v) is 11.4. The number of aromatic nitrogens is 2. The number of rotatable bonds is 4. The summed E-state index contributed by atoms with van der Waals surface area (Å²) < 4.78 is 2.90. The minimum absolute atomic E-state index is 0.0766. The fourth-order valence-electron chi connectivity index (χ4n) is 1.83. The van der Waals surface area contributed by atoms with Gasteiger partial charge < -0.3 is 5.73 Å². The summed E-state index contributed by atoms with van der Waals surface area (Å²) in [5.41, 5.74) is 8.57. The second-order valence-electron chi connectivity index (χ2n) is 4.22. The van der Waals surface area contributed by atoms with Gasteiger partial charge in [0.25, 0.3) is 0 Å². The Morgan fingerprint density at radius 1 is 1.47 bits per heavy atom. The van der Waals surface area contributed by atoms with Gasteiger partial charge in [0.2, 0.25) is 0 Å². The third-order valence-electron chi connectivity index (χ3n) is 2.78. The predicted octanol–water partition coefficient (Wildman–Crippen LogP) is 2.82. The summed E-state index contributed by atoms with van der Waals surface area (Å²) in [4.78, 5) is 0. The smallest absolute Gasteiger partial charge is 0.0521 e. The van der Waals surface area contributed by atoms with Crippen LogP contribution in [0.2, 0.25) is 0 Å². The molecule has 17 heavy (non-hydrogen) atoms. The zero-order valence-electron chi connectivity index (χ0n) is 9.81. The molecule has 0 fully saturated rings. The fraction of sp³-hybridized carbons (Fsp3) is 0.308. The minimum Gasteiger partial charge on any atom is -0.324 e. The molecule has 0 radical (unpaired) electrons. The number of nitrogens with zero attached hydrogens (tertiary/aromatic N) is 2. The monoisotopic (exact) mass is 293 g/mol. The molecule has 0 aliphatic carbocycles. The van der Waals surface area contributed by atoms with Crippen molar-refractivity contribution < 1.29 is 0 Å². The van der Waals surface area contributed by atoms with E-state index in [9.17, 15) is 0 Å². The lowest BCUT2D eigenvalue weighted by Gasteiger charge is -2.11. The van der Waals surface area contributed by atoms with Gasteiger partial charge in [0.05, 0.1) is 6.20 Å². The van der Waals surface area contributed by atoms with Crippen LogP contribution in [0.15, 0.2) is 41.1 Å². The number of aryl methyl sites for hydroxylation is 2. The normalized spacial score (nSPS) is 12.6. The van der Waals surface area contributed by atoms with Gasteiger partial charge in [0.1, 0.15) is 0 Å². The lowest BCUT2D eigenvalue weighted by molar-refractivity contribution is 0.650. The van der Waals surface area contributed by atoms with Crippen molar-refractivity contribution in [1.29, 1.82) is 0 Å². The average Bonchev–Trinajstić information content (AvgIpc) is 2.72. The highest BCUT2D eigenvalue weighted by Crippen LogP contribution is 2.20. The highest BCUT2D eigenvalue weighted by Gasteiger charge is 2.07. The molecule has 0 saturated heterocycles. The Hall–Kier alpha value is -1.13. The van der Waals surface area contributed by atoms with Crippen LogP contribution >= 0.6 is 15.9 Å². The van der Waals surface area contributed by atoms with Crippen LogP contribution in [0.1, 0.15) is 23.6 Å². The van der Waals surface area contributed by atoms with E-state index in [-0.39, 0.29) is 6.04 Å². The third kappa shape index (κ3) is 3.41. The SMILES string of the molecule is Cn1cc(CCC(N)c2cccc(Br)c2)cn1. The summed E-state index contributed by atoms with van der Waals surface area (Å²) in [6.07, 6.45) is 5.82. The molecule has 1 atom stereocenters. The summed E-state index contributed by atoms with van der Waals surface area (Å²) >= 11 is 3.46. The van der Waals surface area contributed by atoms with Crippen LogP contribution in [0.4, 0.5) is 0 Å². The van der Waals surface area contributed by atoms with Crippen molar-refractivity contribution in [3.63, 3.8) is 0 Å². The first-order valence-electron chi connectivity index (χ1n) is 5.64. The van der Waals surface area contributed by atoms with Gasteiger partial charge in [-0.05, 0) is 36.1 Å². The summed E-state index contributed by atoms with van der Waals surface area (Å²) in [5.74, 6) is 0. The van der Waals surface area contributed by atoms with E-state index >= 15 is 0 Å². The van der Waals surface area contributed by atoms with Crippen LogP contribution < -0.4 is 5.73 Å². The maximum Gasteiger partial charge on any atom is 0.0521 e. The standard InChI is InChI=1S/C13H16BrN3/c1-17-9-10(8-16-17)5-6-13(15)11-3-2-4-12(14)7-11/h2-4,7-9,13H,5-6,15H2,1H3. The maximum absolute atomic E-state index is 6.17.